The molecule has 0 amide bonds. The van der Waals surface area contributed by atoms with Crippen LogP contribution >= 0.6 is 0 Å². The summed E-state index contributed by atoms with van der Waals surface area (Å²) in [5.74, 6) is -0.599. The van der Waals surface area contributed by atoms with Gasteiger partial charge < -0.3 is 27.6 Å². The number of carbonyl (C=O) groups is 1. The number of alkyl halides is 3. The van der Waals surface area contributed by atoms with Crippen LogP contribution in [0.2, 0.25) is 18.1 Å². The van der Waals surface area contributed by atoms with E-state index in [9.17, 15) is 26.4 Å². The van der Waals surface area contributed by atoms with Crippen LogP contribution < -0.4 is 0 Å². The van der Waals surface area contributed by atoms with Crippen molar-refractivity contribution in [2.24, 2.45) is 16.7 Å². The standard InChI is InChI=1S/C33H51F3O9SSi/c1-12-14-18-41-31-20-40-23(31)19-22(45-47(10,11)28(4,5)6)30(9,16-13-2)24(31)26-32(43-27(37)42-26)17-15-21(3)25(29(32,7)8)44-46(38,39)33(34,35)36/h13,19,22,24,26H,2,12,14-18,20H2,1,3-11H3/t22-,24-,26-,30+,31-,32+/m0/s1. The van der Waals surface area contributed by atoms with Crippen LogP contribution in [-0.4, -0.2) is 65.0 Å². The second kappa shape index (κ2) is 12.1. The maximum absolute atomic E-state index is 13.6. The number of carbonyl (C=O) groups excluding carboxylic acids is 1. The van der Waals surface area contributed by atoms with Gasteiger partial charge in [0, 0.05) is 17.9 Å². The Labute approximate surface area is 278 Å². The van der Waals surface area contributed by atoms with E-state index in [4.69, 9.17) is 27.6 Å². The fourth-order valence-corrected chi connectivity index (χ4v) is 9.47. The minimum Gasteiger partial charge on any atom is -0.491 e. The Morgan fingerprint density at radius 2 is 1.81 bits per heavy atom. The molecule has 2 heterocycles. The predicted octanol–water partition coefficient (Wildman–Crippen LogP) is 8.29. The van der Waals surface area contributed by atoms with Gasteiger partial charge in [0.1, 0.15) is 18.1 Å². The van der Waals surface area contributed by atoms with Gasteiger partial charge in [0.2, 0.25) is 0 Å². The zero-order chi connectivity index (χ0) is 35.6. The van der Waals surface area contributed by atoms with Gasteiger partial charge in [-0.05, 0) is 76.2 Å². The Morgan fingerprint density at radius 1 is 1.17 bits per heavy atom. The lowest BCUT2D eigenvalue weighted by atomic mass is 9.51. The highest BCUT2D eigenvalue weighted by Crippen LogP contribution is 2.65. The molecule has 4 aliphatic rings. The number of fused-ring (bicyclic) bond motifs is 1. The molecule has 14 heteroatoms. The first kappa shape index (κ1) is 37.8. The molecule has 0 aromatic carbocycles. The SMILES string of the molecule is C=CC[C@]1(C)[C@@H](O[Si](C)(C)C(C)(C)C)C=C2OC[C@@]2(OCCCC)[C@H]1[C@@H]1OC(=O)O[C@]12CCC(C)=C(OS(=O)(=O)C(F)(F)F)C2(C)C. The Morgan fingerprint density at radius 3 is 2.32 bits per heavy atom. The number of unbranched alkanes of at least 4 members (excludes halogenated alkanes) is 1. The van der Waals surface area contributed by atoms with Crippen molar-refractivity contribution < 1.29 is 53.9 Å². The van der Waals surface area contributed by atoms with Crippen molar-refractivity contribution in [1.82, 2.24) is 0 Å². The smallest absolute Gasteiger partial charge is 0.491 e. The molecule has 9 nitrogen and oxygen atoms in total. The molecule has 2 aliphatic heterocycles. The Balaban J connectivity index is 1.95. The van der Waals surface area contributed by atoms with Gasteiger partial charge in [0.25, 0.3) is 0 Å². The minimum atomic E-state index is -6.04. The first-order valence-electron chi connectivity index (χ1n) is 16.3. The van der Waals surface area contributed by atoms with Crippen molar-refractivity contribution in [3.05, 3.63) is 35.8 Å². The summed E-state index contributed by atoms with van der Waals surface area (Å²) in [4.78, 5) is 13.3. The third-order valence-corrected chi connectivity index (χ3v) is 16.7. The quantitative estimate of drug-likeness (QED) is 0.0523. The fraction of sp³-hybridized carbons (Fsp3) is 0.788. The molecule has 2 saturated heterocycles. The van der Waals surface area contributed by atoms with Gasteiger partial charge in [0.05, 0.1) is 11.5 Å². The summed E-state index contributed by atoms with van der Waals surface area (Å²) >= 11 is 0. The lowest BCUT2D eigenvalue weighted by molar-refractivity contribution is -0.262. The molecule has 2 fully saturated rings. The maximum Gasteiger partial charge on any atom is 0.534 e. The molecule has 6 atom stereocenters. The van der Waals surface area contributed by atoms with E-state index in [0.29, 0.717) is 24.4 Å². The van der Waals surface area contributed by atoms with Crippen LogP contribution in [-0.2, 0) is 37.7 Å². The van der Waals surface area contributed by atoms with E-state index >= 15 is 0 Å². The number of hydrogen-bond donors (Lipinski definition) is 0. The first-order valence-corrected chi connectivity index (χ1v) is 20.6. The molecule has 0 N–H and O–H groups in total. The summed E-state index contributed by atoms with van der Waals surface area (Å²) in [5, 5.41) is -0.156. The van der Waals surface area contributed by atoms with Gasteiger partial charge >= 0.3 is 21.8 Å². The molecule has 268 valence electrons. The summed E-state index contributed by atoms with van der Waals surface area (Å²) in [6.07, 6.45) is 3.28. The number of ether oxygens (including phenoxy) is 4. The molecule has 0 saturated carbocycles. The van der Waals surface area contributed by atoms with Crippen LogP contribution in [0, 0.1) is 16.7 Å². The van der Waals surface area contributed by atoms with Crippen molar-refractivity contribution in [1.29, 1.82) is 0 Å². The average Bonchev–Trinajstić information content (AvgIpc) is 3.25. The van der Waals surface area contributed by atoms with E-state index in [0.717, 1.165) is 12.8 Å². The molecule has 0 bridgehead atoms. The molecule has 4 rings (SSSR count). The predicted molar refractivity (Wildman–Crippen MR) is 172 cm³/mol. The zero-order valence-electron chi connectivity index (χ0n) is 29.3. The molecule has 1 spiro atoms. The average molecular weight is 709 g/mol. The molecule has 0 radical (unpaired) electrons. The third-order valence-electron chi connectivity index (χ3n) is 11.3. The fourth-order valence-electron chi connectivity index (χ4n) is 7.48. The highest BCUT2D eigenvalue weighted by Gasteiger charge is 2.75. The van der Waals surface area contributed by atoms with Crippen molar-refractivity contribution in [3.63, 3.8) is 0 Å². The van der Waals surface area contributed by atoms with Gasteiger partial charge in [-0.2, -0.15) is 21.6 Å². The number of hydrogen-bond acceptors (Lipinski definition) is 9. The summed E-state index contributed by atoms with van der Waals surface area (Å²) in [6.45, 7) is 23.9. The van der Waals surface area contributed by atoms with Crippen LogP contribution in [0.15, 0.2) is 35.8 Å². The van der Waals surface area contributed by atoms with E-state index in [2.05, 4.69) is 40.4 Å². The van der Waals surface area contributed by atoms with Crippen molar-refractivity contribution in [2.75, 3.05) is 13.2 Å². The van der Waals surface area contributed by atoms with E-state index in [1.54, 1.807) is 6.08 Å². The van der Waals surface area contributed by atoms with Crippen LogP contribution in [0.3, 0.4) is 0 Å². The Hall–Kier alpha value is -2.03. The van der Waals surface area contributed by atoms with Crippen LogP contribution in [0.4, 0.5) is 18.0 Å². The topological polar surface area (TPSA) is 107 Å². The second-order valence-corrected chi connectivity index (χ2v) is 22.0. The zero-order valence-corrected chi connectivity index (χ0v) is 31.1. The highest BCUT2D eigenvalue weighted by atomic mass is 32.2. The number of allylic oxidation sites excluding steroid dienone is 2. The molecule has 0 aromatic rings. The van der Waals surface area contributed by atoms with E-state index in [-0.39, 0.29) is 24.5 Å². The van der Waals surface area contributed by atoms with Gasteiger partial charge in [-0.15, -0.1) is 6.58 Å². The van der Waals surface area contributed by atoms with E-state index in [1.165, 1.54) is 20.8 Å². The summed E-state index contributed by atoms with van der Waals surface area (Å²) in [7, 11) is -8.47. The van der Waals surface area contributed by atoms with E-state index < -0.39 is 76.0 Å². The normalized spacial score (nSPS) is 34.1. The summed E-state index contributed by atoms with van der Waals surface area (Å²) < 4.78 is 103. The largest absolute Gasteiger partial charge is 0.534 e. The molecule has 2 aliphatic carbocycles. The van der Waals surface area contributed by atoms with Crippen LogP contribution in [0.25, 0.3) is 0 Å². The van der Waals surface area contributed by atoms with Crippen molar-refractivity contribution in [2.45, 2.75) is 135 Å². The molecular weight excluding hydrogens is 658 g/mol. The maximum atomic E-state index is 13.6. The third kappa shape index (κ3) is 5.96. The summed E-state index contributed by atoms with van der Waals surface area (Å²) in [5.41, 5.74) is -10.5. The molecule has 0 aromatic heterocycles. The monoisotopic (exact) mass is 708 g/mol. The number of halogens is 3. The first-order chi connectivity index (χ1) is 21.4. The summed E-state index contributed by atoms with van der Waals surface area (Å²) in [6, 6.07) is 0. The van der Waals surface area contributed by atoms with Crippen LogP contribution in [0.5, 0.6) is 0 Å². The van der Waals surface area contributed by atoms with E-state index in [1.807, 2.05) is 19.9 Å². The molecule has 47 heavy (non-hydrogen) atoms. The van der Waals surface area contributed by atoms with Crippen molar-refractivity contribution in [3.8, 4) is 0 Å². The second-order valence-electron chi connectivity index (χ2n) is 15.7. The molecular formula is C33H51F3O9SSi. The Bertz CT molecular complexity index is 1430. The molecule has 0 unspecified atom stereocenters. The Kier molecular flexibility index (Phi) is 9.71. The lowest BCUT2D eigenvalue weighted by Crippen LogP contribution is -2.72. The van der Waals surface area contributed by atoms with Gasteiger partial charge in [-0.1, -0.05) is 47.1 Å². The van der Waals surface area contributed by atoms with Crippen molar-refractivity contribution >= 4 is 24.6 Å². The highest BCUT2D eigenvalue weighted by molar-refractivity contribution is 7.87. The number of cyclic esters (lactones) is 1. The number of rotatable bonds is 11. The van der Waals surface area contributed by atoms with Gasteiger partial charge in [0.15, 0.2) is 25.6 Å². The van der Waals surface area contributed by atoms with Gasteiger partial charge in [-0.3, -0.25) is 0 Å². The van der Waals surface area contributed by atoms with Gasteiger partial charge in [-0.25, -0.2) is 4.79 Å². The lowest BCUT2D eigenvalue weighted by Gasteiger charge is -2.63. The van der Waals surface area contributed by atoms with Crippen LogP contribution in [0.1, 0.15) is 87.5 Å². The minimum absolute atomic E-state index is 0.0942.